The zero-order valence-corrected chi connectivity index (χ0v) is 21.2. The first-order chi connectivity index (χ1) is 17.8. The highest BCUT2D eigenvalue weighted by atomic mass is 16.6. The molecule has 2 N–H and O–H groups in total. The number of hydrogen-bond acceptors (Lipinski definition) is 8. The molecule has 1 amide bonds. The number of carbonyl (C=O) groups is 2. The minimum Gasteiger partial charge on any atom is -0.461 e. The van der Waals surface area contributed by atoms with Gasteiger partial charge in [0, 0.05) is 31.0 Å². The van der Waals surface area contributed by atoms with Crippen LogP contribution in [-0.4, -0.2) is 56.9 Å². The van der Waals surface area contributed by atoms with E-state index in [2.05, 4.69) is 0 Å². The van der Waals surface area contributed by atoms with Crippen LogP contribution < -0.4 is 10.3 Å². The number of hydrogen-bond donors (Lipinski definition) is 2. The van der Waals surface area contributed by atoms with Gasteiger partial charge >= 0.3 is 12.1 Å². The number of likely N-dealkylation sites (N-methyl/N-ethyl adjacent to an activating group) is 1. The van der Waals surface area contributed by atoms with E-state index < -0.39 is 6.09 Å². The van der Waals surface area contributed by atoms with Crippen molar-refractivity contribution >= 4 is 23.0 Å². The molecule has 1 aliphatic heterocycles. The maximum Gasteiger partial charge on any atom is 0.415 e. The molecule has 10 heteroatoms. The fourth-order valence-corrected chi connectivity index (χ4v) is 4.59. The molecule has 3 aromatic rings. The molecule has 10 nitrogen and oxygen atoms in total. The van der Waals surface area contributed by atoms with E-state index in [1.807, 2.05) is 13.8 Å². The van der Waals surface area contributed by atoms with Crippen molar-refractivity contribution in [3.63, 3.8) is 0 Å². The fraction of sp³-hybridized carbons (Fsp3) is 0.407. The van der Waals surface area contributed by atoms with Gasteiger partial charge in [-0.05, 0) is 48.2 Å². The lowest BCUT2D eigenvalue weighted by Crippen LogP contribution is -2.32. The average molecular weight is 510 g/mol. The molecule has 0 atom stereocenters. The fourth-order valence-electron chi connectivity index (χ4n) is 4.59. The third-order valence-corrected chi connectivity index (χ3v) is 6.53. The molecule has 1 aromatic carbocycles. The van der Waals surface area contributed by atoms with Crippen molar-refractivity contribution in [2.75, 3.05) is 20.2 Å². The van der Waals surface area contributed by atoms with Gasteiger partial charge < -0.3 is 29.2 Å². The van der Waals surface area contributed by atoms with Crippen molar-refractivity contribution in [3.8, 4) is 17.1 Å². The second kappa shape index (κ2) is 11.1. The number of nitrogens with zero attached hydrogens (tertiary/aromatic N) is 3. The average Bonchev–Trinajstić information content (AvgIpc) is 3.25. The summed E-state index contributed by atoms with van der Waals surface area (Å²) in [5.41, 5.74) is 4.15. The van der Waals surface area contributed by atoms with Gasteiger partial charge in [0.2, 0.25) is 0 Å². The van der Waals surface area contributed by atoms with Gasteiger partial charge in [-0.3, -0.25) is 9.59 Å². The number of pyridine rings is 2. The summed E-state index contributed by atoms with van der Waals surface area (Å²) in [4.78, 5) is 43.7. The first-order valence-electron chi connectivity index (χ1n) is 12.3. The SMILES string of the molecule is CCCC(=O)OCc1c(CO)cc2n(c1=O)Cc1c-2nc2ccc(OC(=O)N(C)CCO)cc2c1CC. The molecular formula is C27H31N3O7. The van der Waals surface area contributed by atoms with Crippen molar-refractivity contribution in [2.24, 2.45) is 0 Å². The number of aromatic nitrogens is 2. The Morgan fingerprint density at radius 1 is 1.16 bits per heavy atom. The van der Waals surface area contributed by atoms with Gasteiger partial charge in [0.1, 0.15) is 12.4 Å². The number of fused-ring (bicyclic) bond motifs is 4. The number of esters is 1. The molecule has 1 aliphatic rings. The van der Waals surface area contributed by atoms with Gasteiger partial charge in [-0.2, -0.15) is 0 Å². The van der Waals surface area contributed by atoms with Crippen LogP contribution in [0.3, 0.4) is 0 Å². The van der Waals surface area contributed by atoms with Crippen molar-refractivity contribution < 1.29 is 29.3 Å². The van der Waals surface area contributed by atoms with Gasteiger partial charge in [0.15, 0.2) is 0 Å². The Morgan fingerprint density at radius 2 is 1.95 bits per heavy atom. The van der Waals surface area contributed by atoms with Crippen LogP contribution in [0.1, 0.15) is 48.9 Å². The van der Waals surface area contributed by atoms with Crippen molar-refractivity contribution in [2.45, 2.75) is 52.9 Å². The Hall–Kier alpha value is -3.76. The Bertz CT molecular complexity index is 1410. The van der Waals surface area contributed by atoms with E-state index in [-0.39, 0.29) is 49.9 Å². The summed E-state index contributed by atoms with van der Waals surface area (Å²) in [6.07, 6.45) is 0.976. The molecule has 2 aromatic heterocycles. The molecule has 0 saturated carbocycles. The van der Waals surface area contributed by atoms with Gasteiger partial charge in [-0.15, -0.1) is 0 Å². The van der Waals surface area contributed by atoms with Gasteiger partial charge in [-0.1, -0.05) is 13.8 Å². The van der Waals surface area contributed by atoms with Crippen LogP contribution in [0, 0.1) is 0 Å². The Balaban J connectivity index is 1.74. The number of aryl methyl sites for hydroxylation is 1. The van der Waals surface area contributed by atoms with Crippen LogP contribution in [0.5, 0.6) is 5.75 Å². The first kappa shape index (κ1) is 26.3. The van der Waals surface area contributed by atoms with Crippen molar-refractivity contribution in [1.29, 1.82) is 0 Å². The summed E-state index contributed by atoms with van der Waals surface area (Å²) in [5, 5.41) is 19.8. The lowest BCUT2D eigenvalue weighted by atomic mass is 9.98. The van der Waals surface area contributed by atoms with E-state index in [1.54, 1.807) is 35.9 Å². The van der Waals surface area contributed by atoms with Crippen molar-refractivity contribution in [3.05, 3.63) is 56.9 Å². The molecule has 0 spiro atoms. The smallest absolute Gasteiger partial charge is 0.415 e. The summed E-state index contributed by atoms with van der Waals surface area (Å²) in [5.74, 6) is -0.0371. The molecule has 4 rings (SSSR count). The van der Waals surface area contributed by atoms with E-state index in [9.17, 15) is 19.5 Å². The third-order valence-electron chi connectivity index (χ3n) is 6.53. The molecule has 0 bridgehead atoms. The van der Waals surface area contributed by atoms with E-state index in [4.69, 9.17) is 19.6 Å². The summed E-state index contributed by atoms with van der Waals surface area (Å²) >= 11 is 0. The second-order valence-corrected chi connectivity index (χ2v) is 8.96. The van der Waals surface area contributed by atoms with Crippen LogP contribution in [0.15, 0.2) is 29.1 Å². The normalized spacial score (nSPS) is 11.8. The molecule has 37 heavy (non-hydrogen) atoms. The molecule has 0 unspecified atom stereocenters. The summed E-state index contributed by atoms with van der Waals surface area (Å²) in [6, 6.07) is 6.91. The first-order valence-corrected chi connectivity index (χ1v) is 12.3. The van der Waals surface area contributed by atoms with Crippen LogP contribution >= 0.6 is 0 Å². The number of ether oxygens (including phenoxy) is 2. The van der Waals surface area contributed by atoms with Crippen LogP contribution in [-0.2, 0) is 35.7 Å². The highest BCUT2D eigenvalue weighted by Gasteiger charge is 2.28. The zero-order valence-electron chi connectivity index (χ0n) is 21.2. The standard InChI is InChI=1S/C27H31N3O7/c1-4-6-24(33)36-15-21-16(14-32)11-23-25-20(13-30(23)26(21)34)18(5-2)19-12-17(7-8-22(19)28-25)37-27(35)29(3)9-10-31/h7-8,11-12,31-32H,4-6,9-10,13-15H2,1-3H3. The predicted molar refractivity (Wildman–Crippen MR) is 136 cm³/mol. The Morgan fingerprint density at radius 3 is 2.62 bits per heavy atom. The largest absolute Gasteiger partial charge is 0.461 e. The molecular weight excluding hydrogens is 478 g/mol. The number of aliphatic hydroxyl groups is 2. The summed E-state index contributed by atoms with van der Waals surface area (Å²) in [6.45, 7) is 3.59. The minimum atomic E-state index is -0.580. The highest BCUT2D eigenvalue weighted by Crippen LogP contribution is 2.37. The monoisotopic (exact) mass is 509 g/mol. The molecule has 0 radical (unpaired) electrons. The van der Waals surface area contributed by atoms with Crippen LogP contribution in [0.4, 0.5) is 4.79 Å². The van der Waals surface area contributed by atoms with Gasteiger partial charge in [-0.25, -0.2) is 9.78 Å². The Kier molecular flexibility index (Phi) is 7.89. The second-order valence-electron chi connectivity index (χ2n) is 8.96. The molecule has 3 heterocycles. The summed E-state index contributed by atoms with van der Waals surface area (Å²) < 4.78 is 12.3. The maximum atomic E-state index is 13.4. The maximum absolute atomic E-state index is 13.4. The predicted octanol–water partition coefficient (Wildman–Crippen LogP) is 2.75. The van der Waals surface area contributed by atoms with E-state index >= 15 is 0 Å². The highest BCUT2D eigenvalue weighted by molar-refractivity contribution is 5.89. The quantitative estimate of drug-likeness (QED) is 0.329. The zero-order chi connectivity index (χ0) is 26.7. The number of aliphatic hydroxyl groups excluding tert-OH is 2. The van der Waals surface area contributed by atoms with Crippen LogP contribution in [0.25, 0.3) is 22.3 Å². The number of amides is 1. The van der Waals surface area contributed by atoms with E-state index in [1.165, 1.54) is 4.90 Å². The Labute approximate surface area is 214 Å². The van der Waals surface area contributed by atoms with E-state index in [0.29, 0.717) is 47.6 Å². The third kappa shape index (κ3) is 5.07. The molecule has 196 valence electrons. The molecule has 0 saturated heterocycles. The van der Waals surface area contributed by atoms with Gasteiger partial charge in [0.05, 0.1) is 42.2 Å². The molecule has 0 fully saturated rings. The summed E-state index contributed by atoms with van der Waals surface area (Å²) in [7, 11) is 1.54. The van der Waals surface area contributed by atoms with Gasteiger partial charge in [0.25, 0.3) is 5.56 Å². The lowest BCUT2D eigenvalue weighted by Gasteiger charge is -2.16. The van der Waals surface area contributed by atoms with Crippen molar-refractivity contribution in [1.82, 2.24) is 14.5 Å². The lowest BCUT2D eigenvalue weighted by molar-refractivity contribution is -0.145. The molecule has 0 aliphatic carbocycles. The minimum absolute atomic E-state index is 0.157. The number of carbonyl (C=O) groups excluding carboxylic acids is 2. The van der Waals surface area contributed by atoms with Crippen LogP contribution in [0.2, 0.25) is 0 Å². The number of benzene rings is 1. The topological polar surface area (TPSA) is 131 Å². The number of rotatable bonds is 9. The van der Waals surface area contributed by atoms with E-state index in [0.717, 1.165) is 16.5 Å².